The summed E-state index contributed by atoms with van der Waals surface area (Å²) in [4.78, 5) is 0. The normalized spacial score (nSPS) is 14.7. The quantitative estimate of drug-likeness (QED) is 0.495. The third-order valence-electron chi connectivity index (χ3n) is 4.39. The Kier molecular flexibility index (Phi) is 2.53. The van der Waals surface area contributed by atoms with Crippen molar-refractivity contribution in [1.82, 2.24) is 0 Å². The Labute approximate surface area is 116 Å². The minimum atomic E-state index is -0.486. The first-order chi connectivity index (χ1) is 9.75. The van der Waals surface area contributed by atoms with Crippen LogP contribution in [-0.4, -0.2) is 0 Å². The van der Waals surface area contributed by atoms with Crippen molar-refractivity contribution in [2.24, 2.45) is 0 Å². The number of benzene rings is 3. The number of fused-ring (bicyclic) bond motifs is 5. The zero-order valence-electron chi connectivity index (χ0n) is 11.0. The second-order valence-corrected chi connectivity index (χ2v) is 5.53. The van der Waals surface area contributed by atoms with E-state index in [-0.39, 0.29) is 5.39 Å². The van der Waals surface area contributed by atoms with Gasteiger partial charge in [0.2, 0.25) is 0 Å². The maximum absolute atomic E-state index is 14.3. The van der Waals surface area contributed by atoms with Crippen molar-refractivity contribution in [2.45, 2.75) is 25.7 Å². The largest absolute Gasteiger partial charge is 0.206 e. The summed E-state index contributed by atoms with van der Waals surface area (Å²) in [6, 6.07) is 10.4. The van der Waals surface area contributed by atoms with Gasteiger partial charge in [-0.15, -0.1) is 0 Å². The second kappa shape index (κ2) is 4.27. The van der Waals surface area contributed by atoms with Gasteiger partial charge in [0.25, 0.3) is 0 Å². The molecule has 20 heavy (non-hydrogen) atoms. The highest BCUT2D eigenvalue weighted by Gasteiger charge is 2.16. The highest BCUT2D eigenvalue weighted by atomic mass is 19.1. The van der Waals surface area contributed by atoms with Crippen molar-refractivity contribution in [2.75, 3.05) is 0 Å². The van der Waals surface area contributed by atoms with E-state index >= 15 is 0 Å². The summed E-state index contributed by atoms with van der Waals surface area (Å²) in [5, 5.41) is 2.70. The predicted octanol–water partition coefficient (Wildman–Crippen LogP) is 5.15. The van der Waals surface area contributed by atoms with E-state index < -0.39 is 11.6 Å². The zero-order valence-corrected chi connectivity index (χ0v) is 11.0. The molecule has 0 bridgehead atoms. The molecule has 0 amide bonds. The van der Waals surface area contributed by atoms with Crippen LogP contribution in [0.25, 0.3) is 21.5 Å². The summed E-state index contributed by atoms with van der Waals surface area (Å²) in [5.74, 6) is -0.941. The Bertz CT molecular complexity index is 834. The molecule has 0 nitrogen and oxygen atoms in total. The maximum atomic E-state index is 14.3. The summed E-state index contributed by atoms with van der Waals surface area (Å²) < 4.78 is 28.2. The van der Waals surface area contributed by atoms with Crippen LogP contribution in [0.5, 0.6) is 0 Å². The molecule has 0 aliphatic heterocycles. The maximum Gasteiger partial charge on any atom is 0.134 e. The molecule has 3 aromatic carbocycles. The van der Waals surface area contributed by atoms with Crippen molar-refractivity contribution in [3.05, 3.63) is 59.2 Å². The fourth-order valence-corrected chi connectivity index (χ4v) is 3.45. The fraction of sp³-hybridized carbons (Fsp3) is 0.222. The molecule has 3 aromatic rings. The molecule has 100 valence electrons. The highest BCUT2D eigenvalue weighted by Crippen LogP contribution is 2.35. The van der Waals surface area contributed by atoms with Gasteiger partial charge in [0, 0.05) is 0 Å². The topological polar surface area (TPSA) is 0 Å². The van der Waals surface area contributed by atoms with E-state index in [9.17, 15) is 8.78 Å². The van der Waals surface area contributed by atoms with Gasteiger partial charge in [0.1, 0.15) is 11.6 Å². The highest BCUT2D eigenvalue weighted by molar-refractivity contribution is 6.09. The Morgan fingerprint density at radius 2 is 1.60 bits per heavy atom. The standard InChI is InChI=1S/C18H14F2/c19-16-7-3-6-14-13-9-8-11-4-1-2-5-12(11)15(13)10-17(20)18(14)16/h3,6-10H,1-2,4-5H2. The first-order valence-electron chi connectivity index (χ1n) is 7.07. The van der Waals surface area contributed by atoms with E-state index in [4.69, 9.17) is 0 Å². The lowest BCUT2D eigenvalue weighted by molar-refractivity contribution is 0.609. The molecular formula is C18H14F2. The van der Waals surface area contributed by atoms with Gasteiger partial charge in [-0.05, 0) is 65.1 Å². The average Bonchev–Trinajstić information content (AvgIpc) is 2.47. The van der Waals surface area contributed by atoms with Crippen molar-refractivity contribution >= 4 is 21.5 Å². The molecule has 0 saturated heterocycles. The first-order valence-corrected chi connectivity index (χ1v) is 7.07. The van der Waals surface area contributed by atoms with Gasteiger partial charge in [0.05, 0.1) is 5.39 Å². The van der Waals surface area contributed by atoms with Crippen LogP contribution in [-0.2, 0) is 12.8 Å². The molecule has 0 N–H and O–H groups in total. The molecular weight excluding hydrogens is 254 g/mol. The fourth-order valence-electron chi connectivity index (χ4n) is 3.45. The number of hydrogen-bond donors (Lipinski definition) is 0. The molecule has 0 saturated carbocycles. The van der Waals surface area contributed by atoms with E-state index in [0.29, 0.717) is 5.39 Å². The summed E-state index contributed by atoms with van der Waals surface area (Å²) in [7, 11) is 0. The van der Waals surface area contributed by atoms with Crippen LogP contribution in [0.15, 0.2) is 36.4 Å². The smallest absolute Gasteiger partial charge is 0.134 e. The van der Waals surface area contributed by atoms with Crippen LogP contribution in [0.1, 0.15) is 24.0 Å². The Hall–Kier alpha value is -1.96. The van der Waals surface area contributed by atoms with E-state index in [1.807, 2.05) is 6.07 Å². The molecule has 0 spiro atoms. The number of halogens is 2. The second-order valence-electron chi connectivity index (χ2n) is 5.53. The predicted molar refractivity (Wildman–Crippen MR) is 78.0 cm³/mol. The van der Waals surface area contributed by atoms with E-state index in [2.05, 4.69) is 6.07 Å². The van der Waals surface area contributed by atoms with Gasteiger partial charge in [-0.3, -0.25) is 0 Å². The molecule has 4 rings (SSSR count). The van der Waals surface area contributed by atoms with E-state index in [0.717, 1.165) is 30.0 Å². The minimum Gasteiger partial charge on any atom is -0.206 e. The van der Waals surface area contributed by atoms with Crippen LogP contribution in [0.2, 0.25) is 0 Å². The molecule has 0 unspecified atom stereocenters. The lowest BCUT2D eigenvalue weighted by atomic mass is 9.86. The Balaban J connectivity index is 2.20. The molecule has 0 atom stereocenters. The summed E-state index contributed by atoms with van der Waals surface area (Å²) >= 11 is 0. The molecule has 1 aliphatic carbocycles. The number of rotatable bonds is 0. The van der Waals surface area contributed by atoms with Gasteiger partial charge < -0.3 is 0 Å². The summed E-state index contributed by atoms with van der Waals surface area (Å²) in [6.07, 6.45) is 4.40. The number of hydrogen-bond acceptors (Lipinski definition) is 0. The van der Waals surface area contributed by atoms with Crippen molar-refractivity contribution in [3.63, 3.8) is 0 Å². The van der Waals surface area contributed by atoms with Gasteiger partial charge in [-0.25, -0.2) is 8.78 Å². The van der Waals surface area contributed by atoms with Crippen LogP contribution in [0, 0.1) is 11.6 Å². The molecule has 0 radical (unpaired) electrons. The van der Waals surface area contributed by atoms with Crippen molar-refractivity contribution < 1.29 is 8.78 Å². The third-order valence-corrected chi connectivity index (χ3v) is 4.39. The Morgan fingerprint density at radius 3 is 2.50 bits per heavy atom. The van der Waals surface area contributed by atoms with Gasteiger partial charge in [-0.2, -0.15) is 0 Å². The van der Waals surface area contributed by atoms with Crippen LogP contribution >= 0.6 is 0 Å². The van der Waals surface area contributed by atoms with Gasteiger partial charge in [-0.1, -0.05) is 24.3 Å². The van der Waals surface area contributed by atoms with Crippen LogP contribution in [0.3, 0.4) is 0 Å². The molecule has 0 fully saturated rings. The van der Waals surface area contributed by atoms with E-state index in [1.54, 1.807) is 12.1 Å². The molecule has 2 heteroatoms. The van der Waals surface area contributed by atoms with Gasteiger partial charge in [0.15, 0.2) is 0 Å². The van der Waals surface area contributed by atoms with Crippen LogP contribution < -0.4 is 0 Å². The third kappa shape index (κ3) is 1.57. The number of aryl methyl sites for hydroxylation is 2. The van der Waals surface area contributed by atoms with Crippen molar-refractivity contribution in [1.29, 1.82) is 0 Å². The van der Waals surface area contributed by atoms with Crippen LogP contribution in [0.4, 0.5) is 8.78 Å². The molecule has 0 aromatic heterocycles. The van der Waals surface area contributed by atoms with Gasteiger partial charge >= 0.3 is 0 Å². The Morgan fingerprint density at radius 1 is 0.750 bits per heavy atom. The first kappa shape index (κ1) is 11.8. The summed E-state index contributed by atoms with van der Waals surface area (Å²) in [5.41, 5.74) is 2.57. The molecule has 1 aliphatic rings. The zero-order chi connectivity index (χ0) is 13.7. The average molecular weight is 268 g/mol. The van der Waals surface area contributed by atoms with Crippen molar-refractivity contribution in [3.8, 4) is 0 Å². The summed E-state index contributed by atoms with van der Waals surface area (Å²) in [6.45, 7) is 0. The SMILES string of the molecule is Fc1cccc2c1c(F)cc1c3c(ccc12)CCCC3. The van der Waals surface area contributed by atoms with E-state index in [1.165, 1.54) is 29.7 Å². The monoisotopic (exact) mass is 268 g/mol. The molecule has 0 heterocycles. The minimum absolute atomic E-state index is 0.107. The lowest BCUT2D eigenvalue weighted by Gasteiger charge is -2.19. The lowest BCUT2D eigenvalue weighted by Crippen LogP contribution is -2.03.